The number of hydrogen-bond donors (Lipinski definition) is 0. The minimum Gasteiger partial charge on any atom is -0.406 e. The van der Waals surface area contributed by atoms with Gasteiger partial charge >= 0.3 is 6.36 Å². The predicted molar refractivity (Wildman–Crippen MR) is 60.3 cm³/mol. The lowest BCUT2D eigenvalue weighted by Crippen LogP contribution is -2.31. The minimum atomic E-state index is -4.76. The van der Waals surface area contributed by atoms with E-state index in [9.17, 15) is 18.0 Å². The van der Waals surface area contributed by atoms with Crippen LogP contribution in [0.25, 0.3) is 0 Å². The van der Waals surface area contributed by atoms with Crippen LogP contribution in [-0.2, 0) is 0 Å². The first-order chi connectivity index (χ1) is 8.87. The van der Waals surface area contributed by atoms with E-state index in [-0.39, 0.29) is 12.1 Å². The maximum absolute atomic E-state index is 12.0. The fourth-order valence-corrected chi connectivity index (χ4v) is 1.39. The third kappa shape index (κ3) is 4.50. The lowest BCUT2D eigenvalue weighted by Gasteiger charge is -2.17. The van der Waals surface area contributed by atoms with Gasteiger partial charge < -0.3 is 9.64 Å². The monoisotopic (exact) mass is 272 g/mol. The fraction of sp³-hybridized carbons (Fsp3) is 0.333. The summed E-state index contributed by atoms with van der Waals surface area (Å²) in [5, 5.41) is 8.55. The lowest BCUT2D eigenvalue weighted by molar-refractivity contribution is -0.274. The molecule has 0 saturated heterocycles. The average Bonchev–Trinajstić information content (AvgIpc) is 2.34. The van der Waals surface area contributed by atoms with E-state index in [1.165, 1.54) is 17.0 Å². The molecular weight excluding hydrogens is 261 g/mol. The normalized spacial score (nSPS) is 10.7. The first-order valence-corrected chi connectivity index (χ1v) is 5.39. The highest BCUT2D eigenvalue weighted by molar-refractivity contribution is 5.94. The number of hydrogen-bond acceptors (Lipinski definition) is 3. The van der Waals surface area contributed by atoms with Crippen molar-refractivity contribution in [3.05, 3.63) is 29.8 Å². The minimum absolute atomic E-state index is 0.0733. The topological polar surface area (TPSA) is 53.3 Å². The van der Waals surface area contributed by atoms with Crippen molar-refractivity contribution in [1.29, 1.82) is 5.26 Å². The van der Waals surface area contributed by atoms with Crippen molar-refractivity contribution in [3.8, 4) is 11.8 Å². The second-order valence-electron chi connectivity index (χ2n) is 3.55. The van der Waals surface area contributed by atoms with Crippen molar-refractivity contribution in [2.75, 3.05) is 13.1 Å². The molecule has 19 heavy (non-hydrogen) atoms. The van der Waals surface area contributed by atoms with Gasteiger partial charge in [-0.3, -0.25) is 4.79 Å². The summed E-state index contributed by atoms with van der Waals surface area (Å²) < 4.78 is 39.5. The van der Waals surface area contributed by atoms with Gasteiger partial charge in [0.15, 0.2) is 0 Å². The number of carbonyl (C=O) groups is 1. The summed E-state index contributed by atoms with van der Waals surface area (Å²) in [7, 11) is 0. The van der Waals surface area contributed by atoms with E-state index < -0.39 is 18.0 Å². The van der Waals surface area contributed by atoms with Gasteiger partial charge in [-0.1, -0.05) is 0 Å². The molecule has 4 nitrogen and oxygen atoms in total. The number of ether oxygens (including phenoxy) is 1. The molecule has 0 radical (unpaired) electrons. The molecule has 0 unspecified atom stereocenters. The molecular formula is C12H11F3N2O2. The zero-order chi connectivity index (χ0) is 14.5. The third-order valence-corrected chi connectivity index (χ3v) is 2.27. The summed E-state index contributed by atoms with van der Waals surface area (Å²) >= 11 is 0. The van der Waals surface area contributed by atoms with Crippen LogP contribution in [-0.4, -0.2) is 30.3 Å². The number of nitriles is 1. The molecule has 0 aromatic heterocycles. The van der Waals surface area contributed by atoms with Crippen molar-refractivity contribution >= 4 is 5.91 Å². The van der Waals surface area contributed by atoms with Gasteiger partial charge in [0.05, 0.1) is 6.07 Å². The Balaban J connectivity index is 2.81. The van der Waals surface area contributed by atoms with E-state index in [0.717, 1.165) is 12.1 Å². The molecule has 0 saturated carbocycles. The molecule has 7 heteroatoms. The van der Waals surface area contributed by atoms with Crippen LogP contribution in [0.3, 0.4) is 0 Å². The van der Waals surface area contributed by atoms with E-state index >= 15 is 0 Å². The van der Waals surface area contributed by atoms with Crippen LogP contribution < -0.4 is 4.74 Å². The average molecular weight is 272 g/mol. The molecule has 0 spiro atoms. The zero-order valence-corrected chi connectivity index (χ0v) is 10.1. The van der Waals surface area contributed by atoms with Gasteiger partial charge in [-0.25, -0.2) is 0 Å². The van der Waals surface area contributed by atoms with Gasteiger partial charge in [-0.05, 0) is 31.2 Å². The van der Waals surface area contributed by atoms with Crippen LogP contribution in [0.15, 0.2) is 24.3 Å². The van der Waals surface area contributed by atoms with Crippen LogP contribution in [0, 0.1) is 11.3 Å². The molecule has 0 fully saturated rings. The van der Waals surface area contributed by atoms with E-state index in [1.54, 1.807) is 6.92 Å². The Morgan fingerprint density at radius 1 is 1.37 bits per heavy atom. The summed E-state index contributed by atoms with van der Waals surface area (Å²) in [6, 6.07) is 6.41. The molecule has 0 bridgehead atoms. The van der Waals surface area contributed by atoms with Crippen molar-refractivity contribution in [2.45, 2.75) is 13.3 Å². The number of benzene rings is 1. The van der Waals surface area contributed by atoms with Crippen molar-refractivity contribution < 1.29 is 22.7 Å². The van der Waals surface area contributed by atoms with Crippen LogP contribution >= 0.6 is 0 Å². The first-order valence-electron chi connectivity index (χ1n) is 5.39. The maximum Gasteiger partial charge on any atom is 0.573 e. The number of nitrogens with zero attached hydrogens (tertiary/aromatic N) is 2. The SMILES string of the molecule is CCN(CC#N)C(=O)c1ccc(OC(F)(F)F)cc1. The molecule has 0 atom stereocenters. The molecule has 0 aliphatic heterocycles. The number of rotatable bonds is 4. The quantitative estimate of drug-likeness (QED) is 0.791. The van der Waals surface area contributed by atoms with E-state index in [1.807, 2.05) is 6.07 Å². The van der Waals surface area contributed by atoms with E-state index in [4.69, 9.17) is 5.26 Å². The highest BCUT2D eigenvalue weighted by Crippen LogP contribution is 2.23. The Hall–Kier alpha value is -2.23. The van der Waals surface area contributed by atoms with Crippen LogP contribution in [0.4, 0.5) is 13.2 Å². The van der Waals surface area contributed by atoms with E-state index in [0.29, 0.717) is 6.54 Å². The van der Waals surface area contributed by atoms with E-state index in [2.05, 4.69) is 4.74 Å². The van der Waals surface area contributed by atoms with Gasteiger partial charge in [0.1, 0.15) is 12.3 Å². The highest BCUT2D eigenvalue weighted by Gasteiger charge is 2.31. The molecule has 0 aliphatic rings. The van der Waals surface area contributed by atoms with Gasteiger partial charge in [-0.15, -0.1) is 13.2 Å². The standard InChI is InChI=1S/C12H11F3N2O2/c1-2-17(8-7-16)11(18)9-3-5-10(6-4-9)19-12(13,14)15/h3-6H,2,8H2,1H3. The van der Waals surface area contributed by atoms with Crippen molar-refractivity contribution in [3.63, 3.8) is 0 Å². The summed E-state index contributed by atoms with van der Waals surface area (Å²) in [5.74, 6) is -0.810. The Bertz CT molecular complexity index is 477. The summed E-state index contributed by atoms with van der Waals surface area (Å²) in [6.45, 7) is 1.97. The zero-order valence-electron chi connectivity index (χ0n) is 10.1. The van der Waals surface area contributed by atoms with Crippen molar-refractivity contribution in [1.82, 2.24) is 4.90 Å². The maximum atomic E-state index is 12.0. The number of amides is 1. The number of alkyl halides is 3. The lowest BCUT2D eigenvalue weighted by atomic mass is 10.2. The van der Waals surface area contributed by atoms with Gasteiger partial charge in [-0.2, -0.15) is 5.26 Å². The molecule has 0 N–H and O–H groups in total. The number of halogens is 3. The third-order valence-electron chi connectivity index (χ3n) is 2.27. The van der Waals surface area contributed by atoms with Crippen LogP contribution in [0.5, 0.6) is 5.75 Å². The molecule has 1 aromatic carbocycles. The summed E-state index contributed by atoms with van der Waals surface area (Å²) in [5.41, 5.74) is 0.201. The fourth-order valence-electron chi connectivity index (χ4n) is 1.39. The Labute approximate surface area is 108 Å². The largest absolute Gasteiger partial charge is 0.573 e. The summed E-state index contributed by atoms with van der Waals surface area (Å²) in [6.07, 6.45) is -4.76. The highest BCUT2D eigenvalue weighted by atomic mass is 19.4. The molecule has 1 rings (SSSR count). The second-order valence-corrected chi connectivity index (χ2v) is 3.55. The molecule has 102 valence electrons. The molecule has 0 heterocycles. The van der Waals surface area contributed by atoms with Gasteiger partial charge in [0.25, 0.3) is 5.91 Å². The molecule has 1 amide bonds. The summed E-state index contributed by atoms with van der Waals surface area (Å²) in [4.78, 5) is 13.2. The first kappa shape index (κ1) is 14.8. The Morgan fingerprint density at radius 3 is 2.37 bits per heavy atom. The smallest absolute Gasteiger partial charge is 0.406 e. The Kier molecular flexibility index (Phi) is 4.75. The van der Waals surface area contributed by atoms with Crippen LogP contribution in [0.1, 0.15) is 17.3 Å². The molecule has 0 aliphatic carbocycles. The second kappa shape index (κ2) is 6.09. The molecule has 1 aromatic rings. The van der Waals surface area contributed by atoms with Crippen LogP contribution in [0.2, 0.25) is 0 Å². The number of carbonyl (C=O) groups excluding carboxylic acids is 1. The Morgan fingerprint density at radius 2 is 1.95 bits per heavy atom. The predicted octanol–water partition coefficient (Wildman–Crippen LogP) is 2.57. The van der Waals surface area contributed by atoms with Gasteiger partial charge in [0.2, 0.25) is 0 Å². The van der Waals surface area contributed by atoms with Gasteiger partial charge in [0, 0.05) is 12.1 Å². The van der Waals surface area contributed by atoms with Crippen molar-refractivity contribution in [2.24, 2.45) is 0 Å².